The summed E-state index contributed by atoms with van der Waals surface area (Å²) in [7, 11) is 0. The van der Waals surface area contributed by atoms with E-state index in [0.717, 1.165) is 11.1 Å². The van der Waals surface area contributed by atoms with Gasteiger partial charge in [0, 0.05) is 28.7 Å². The minimum atomic E-state index is -0.253. The molecule has 2 heterocycles. The largest absolute Gasteiger partial charge is 0.325 e. The second-order valence-corrected chi connectivity index (χ2v) is 9.07. The van der Waals surface area contributed by atoms with Crippen LogP contribution in [0, 0.1) is 0 Å². The predicted octanol–water partition coefficient (Wildman–Crippen LogP) is 5.24. The van der Waals surface area contributed by atoms with E-state index in [1.807, 2.05) is 35.7 Å². The Kier molecular flexibility index (Phi) is 6.86. The zero-order valence-corrected chi connectivity index (χ0v) is 19.5. The molecule has 0 fully saturated rings. The van der Waals surface area contributed by atoms with Gasteiger partial charge in [-0.05, 0) is 24.6 Å². The van der Waals surface area contributed by atoms with Gasteiger partial charge < -0.3 is 5.32 Å². The first-order valence-corrected chi connectivity index (χ1v) is 12.1. The average Bonchev–Trinajstić information content (AvgIpc) is 3.25. The van der Waals surface area contributed by atoms with Gasteiger partial charge in [-0.25, -0.2) is 4.98 Å². The van der Waals surface area contributed by atoms with Crippen LogP contribution >= 0.6 is 23.1 Å². The smallest absolute Gasteiger partial charge is 0.263 e. The third-order valence-corrected chi connectivity index (χ3v) is 6.79. The summed E-state index contributed by atoms with van der Waals surface area (Å²) in [6, 6.07) is 16.5. The van der Waals surface area contributed by atoms with Crippen LogP contribution in [0.4, 0.5) is 5.69 Å². The molecule has 0 bridgehead atoms. The first kappa shape index (κ1) is 22.7. The molecule has 166 valence electrons. The lowest BCUT2D eigenvalue weighted by atomic mass is 10.1. The molecular formula is C25H21N3O3S2. The molecule has 4 aromatic rings. The van der Waals surface area contributed by atoms with E-state index >= 15 is 0 Å². The highest BCUT2D eigenvalue weighted by molar-refractivity contribution is 7.99. The maximum Gasteiger partial charge on any atom is 0.263 e. The molecule has 0 saturated carbocycles. The number of hydrogen-bond acceptors (Lipinski definition) is 6. The quantitative estimate of drug-likeness (QED) is 0.163. The summed E-state index contributed by atoms with van der Waals surface area (Å²) in [6.07, 6.45) is 1.64. The van der Waals surface area contributed by atoms with Crippen molar-refractivity contribution in [2.75, 3.05) is 11.1 Å². The van der Waals surface area contributed by atoms with Crippen LogP contribution in [0.25, 0.3) is 21.3 Å². The Labute approximate surface area is 199 Å². The number of fused-ring (bicyclic) bond motifs is 1. The van der Waals surface area contributed by atoms with E-state index in [0.29, 0.717) is 26.6 Å². The Morgan fingerprint density at radius 3 is 2.70 bits per heavy atom. The number of carbonyl (C=O) groups is 2. The number of ketones is 1. The van der Waals surface area contributed by atoms with Crippen molar-refractivity contribution in [2.45, 2.75) is 18.6 Å². The third-order valence-electron chi connectivity index (χ3n) is 4.94. The maximum atomic E-state index is 13.4. The van der Waals surface area contributed by atoms with Gasteiger partial charge >= 0.3 is 0 Å². The lowest BCUT2D eigenvalue weighted by Gasteiger charge is -2.11. The van der Waals surface area contributed by atoms with Crippen molar-refractivity contribution in [2.24, 2.45) is 0 Å². The van der Waals surface area contributed by atoms with E-state index in [9.17, 15) is 14.4 Å². The van der Waals surface area contributed by atoms with Gasteiger partial charge in [0.1, 0.15) is 4.83 Å². The lowest BCUT2D eigenvalue weighted by Crippen LogP contribution is -2.23. The number of Topliss-reactive ketones (excluding diaryl/α,β-unsaturated/α-hetero) is 1. The predicted molar refractivity (Wildman–Crippen MR) is 135 cm³/mol. The molecular weight excluding hydrogens is 454 g/mol. The van der Waals surface area contributed by atoms with Gasteiger partial charge in [0.15, 0.2) is 10.9 Å². The van der Waals surface area contributed by atoms with Gasteiger partial charge in [-0.1, -0.05) is 60.3 Å². The summed E-state index contributed by atoms with van der Waals surface area (Å²) in [6.45, 7) is 5.52. The molecule has 8 heteroatoms. The van der Waals surface area contributed by atoms with Crippen molar-refractivity contribution in [1.82, 2.24) is 9.55 Å². The van der Waals surface area contributed by atoms with Gasteiger partial charge in [-0.3, -0.25) is 19.0 Å². The molecule has 33 heavy (non-hydrogen) atoms. The summed E-state index contributed by atoms with van der Waals surface area (Å²) in [5, 5.41) is 5.76. The van der Waals surface area contributed by atoms with Crippen molar-refractivity contribution < 1.29 is 9.59 Å². The zero-order valence-electron chi connectivity index (χ0n) is 17.9. The highest BCUT2D eigenvalue weighted by atomic mass is 32.2. The standard InChI is InChI=1S/C25H21N3O3S2/c1-3-12-28-24(31)22-20(17-8-5-4-6-9-17)14-32-23(22)27-25(28)33-15-21(30)26-19-11-7-10-18(13-19)16(2)29/h3-11,13-14H,1,12,15H2,2H3,(H,26,30). The van der Waals surface area contributed by atoms with E-state index in [-0.39, 0.29) is 29.5 Å². The number of rotatable bonds is 8. The molecule has 4 rings (SSSR count). The first-order valence-electron chi connectivity index (χ1n) is 10.2. The minimum Gasteiger partial charge on any atom is -0.325 e. The Morgan fingerprint density at radius 1 is 1.18 bits per heavy atom. The molecule has 1 N–H and O–H groups in total. The van der Waals surface area contributed by atoms with Crippen LogP contribution in [-0.4, -0.2) is 27.0 Å². The van der Waals surface area contributed by atoms with Gasteiger partial charge in [-0.15, -0.1) is 17.9 Å². The number of anilines is 1. The molecule has 0 spiro atoms. The van der Waals surface area contributed by atoms with Gasteiger partial charge in [0.25, 0.3) is 5.56 Å². The van der Waals surface area contributed by atoms with Crippen molar-refractivity contribution in [3.05, 3.63) is 88.5 Å². The molecule has 0 aliphatic carbocycles. The number of thiophene rings is 1. The third kappa shape index (κ3) is 4.97. The van der Waals surface area contributed by atoms with E-state index in [2.05, 4.69) is 16.9 Å². The molecule has 0 atom stereocenters. The van der Waals surface area contributed by atoms with Crippen LogP contribution in [-0.2, 0) is 11.3 Å². The Morgan fingerprint density at radius 2 is 1.97 bits per heavy atom. The summed E-state index contributed by atoms with van der Waals surface area (Å²) in [5.74, 6) is -0.260. The Balaban J connectivity index is 1.60. The highest BCUT2D eigenvalue weighted by Gasteiger charge is 2.18. The van der Waals surface area contributed by atoms with Crippen molar-refractivity contribution in [3.63, 3.8) is 0 Å². The molecule has 6 nitrogen and oxygen atoms in total. The number of carbonyl (C=O) groups excluding carboxylic acids is 2. The molecule has 0 radical (unpaired) electrons. The van der Waals surface area contributed by atoms with E-state index in [1.54, 1.807) is 34.9 Å². The molecule has 0 aliphatic heterocycles. The summed E-state index contributed by atoms with van der Waals surface area (Å²) in [4.78, 5) is 42.8. The highest BCUT2D eigenvalue weighted by Crippen LogP contribution is 2.32. The van der Waals surface area contributed by atoms with Gasteiger partial charge in [-0.2, -0.15) is 0 Å². The monoisotopic (exact) mass is 475 g/mol. The normalized spacial score (nSPS) is 10.8. The van der Waals surface area contributed by atoms with Crippen molar-refractivity contribution in [1.29, 1.82) is 0 Å². The summed E-state index contributed by atoms with van der Waals surface area (Å²) < 4.78 is 1.54. The first-order chi connectivity index (χ1) is 16.0. The van der Waals surface area contributed by atoms with Crippen LogP contribution in [0.1, 0.15) is 17.3 Å². The van der Waals surface area contributed by atoms with Crippen LogP contribution in [0.3, 0.4) is 0 Å². The van der Waals surface area contributed by atoms with Crippen LogP contribution in [0.5, 0.6) is 0 Å². The van der Waals surface area contributed by atoms with Gasteiger partial charge in [0.2, 0.25) is 5.91 Å². The number of amides is 1. The molecule has 1 amide bonds. The minimum absolute atomic E-state index is 0.0658. The molecule has 0 saturated heterocycles. The number of nitrogens with zero attached hydrogens (tertiary/aromatic N) is 2. The molecule has 0 unspecified atom stereocenters. The average molecular weight is 476 g/mol. The molecule has 2 aromatic carbocycles. The summed E-state index contributed by atoms with van der Waals surface area (Å²) in [5.41, 5.74) is 2.73. The lowest BCUT2D eigenvalue weighted by molar-refractivity contribution is -0.113. The molecule has 0 aliphatic rings. The Hall–Kier alpha value is -3.49. The molecule has 2 aromatic heterocycles. The number of benzene rings is 2. The maximum absolute atomic E-state index is 13.4. The fourth-order valence-electron chi connectivity index (χ4n) is 3.38. The van der Waals surface area contributed by atoms with Crippen molar-refractivity contribution >= 4 is 50.7 Å². The number of allylic oxidation sites excluding steroid dienone is 1. The van der Waals surface area contributed by atoms with Crippen LogP contribution < -0.4 is 10.9 Å². The second-order valence-electron chi connectivity index (χ2n) is 7.27. The van der Waals surface area contributed by atoms with Gasteiger partial charge in [0.05, 0.1) is 11.1 Å². The number of hydrogen-bond donors (Lipinski definition) is 1. The fourth-order valence-corrected chi connectivity index (χ4v) is 5.18. The topological polar surface area (TPSA) is 81.1 Å². The Bertz CT molecular complexity index is 1410. The second kappa shape index (κ2) is 9.97. The van der Waals surface area contributed by atoms with E-state index in [4.69, 9.17) is 0 Å². The number of aromatic nitrogens is 2. The number of nitrogens with one attached hydrogen (secondary N) is 1. The van der Waals surface area contributed by atoms with E-state index < -0.39 is 0 Å². The van der Waals surface area contributed by atoms with Crippen LogP contribution in [0.15, 0.2) is 82.6 Å². The van der Waals surface area contributed by atoms with Crippen molar-refractivity contribution in [3.8, 4) is 11.1 Å². The summed E-state index contributed by atoms with van der Waals surface area (Å²) >= 11 is 2.60. The number of thioether (sulfide) groups is 1. The SMILES string of the molecule is C=CCn1c(SCC(=O)Nc2cccc(C(C)=O)c2)nc2scc(-c3ccccc3)c2c1=O. The van der Waals surface area contributed by atoms with Crippen LogP contribution in [0.2, 0.25) is 0 Å². The zero-order chi connectivity index (χ0) is 23.4. The fraction of sp³-hybridized carbons (Fsp3) is 0.120. The van der Waals surface area contributed by atoms with E-state index in [1.165, 1.54) is 30.0 Å².